The van der Waals surface area contributed by atoms with Gasteiger partial charge >= 0.3 is 0 Å². The van der Waals surface area contributed by atoms with Gasteiger partial charge in [0.2, 0.25) is 0 Å². The first-order valence-electron chi connectivity index (χ1n) is 5.20. The minimum atomic E-state index is 0.800. The van der Waals surface area contributed by atoms with E-state index in [9.17, 15) is 0 Å². The van der Waals surface area contributed by atoms with Crippen molar-refractivity contribution in [1.29, 1.82) is 0 Å². The van der Waals surface area contributed by atoms with Gasteiger partial charge in [-0.05, 0) is 38.8 Å². The molecule has 0 radical (unpaired) electrons. The standard InChI is InChI=1S/C10H20N2/c1-8-7-12(2)6-5-10(8)11-9-3-4-9/h8-11H,3-7H2,1-2H3/t8-,10?/m0/s1. The number of likely N-dealkylation sites (tertiary alicyclic amines) is 1. The summed E-state index contributed by atoms with van der Waals surface area (Å²) in [5.41, 5.74) is 0. The SMILES string of the molecule is C[C@H]1CN(C)CCC1NC1CC1. The second kappa shape index (κ2) is 3.35. The van der Waals surface area contributed by atoms with E-state index < -0.39 is 0 Å². The van der Waals surface area contributed by atoms with Gasteiger partial charge in [0.25, 0.3) is 0 Å². The van der Waals surface area contributed by atoms with Gasteiger partial charge in [-0.25, -0.2) is 0 Å². The highest BCUT2D eigenvalue weighted by molar-refractivity contribution is 4.89. The fourth-order valence-electron chi connectivity index (χ4n) is 2.15. The van der Waals surface area contributed by atoms with Gasteiger partial charge in [-0.15, -0.1) is 0 Å². The highest BCUT2D eigenvalue weighted by atomic mass is 15.1. The molecule has 2 heteroatoms. The highest BCUT2D eigenvalue weighted by Gasteiger charge is 2.29. The molecule has 1 aliphatic heterocycles. The van der Waals surface area contributed by atoms with E-state index in [0.29, 0.717) is 0 Å². The molecule has 0 spiro atoms. The van der Waals surface area contributed by atoms with E-state index in [0.717, 1.165) is 18.0 Å². The Bertz CT molecular complexity index is 154. The predicted octanol–water partition coefficient (Wildman–Crippen LogP) is 1.08. The van der Waals surface area contributed by atoms with E-state index in [1.165, 1.54) is 32.4 Å². The Kier molecular flexibility index (Phi) is 2.37. The molecule has 1 unspecified atom stereocenters. The molecule has 1 N–H and O–H groups in total. The molecule has 0 aromatic heterocycles. The summed E-state index contributed by atoms with van der Waals surface area (Å²) in [7, 11) is 2.23. The van der Waals surface area contributed by atoms with E-state index in [1.807, 2.05) is 0 Å². The lowest BCUT2D eigenvalue weighted by atomic mass is 9.94. The second-order valence-corrected chi connectivity index (χ2v) is 4.58. The summed E-state index contributed by atoms with van der Waals surface area (Å²) in [5.74, 6) is 0.837. The van der Waals surface area contributed by atoms with Crippen LogP contribution in [0.5, 0.6) is 0 Å². The van der Waals surface area contributed by atoms with Crippen molar-refractivity contribution < 1.29 is 0 Å². The summed E-state index contributed by atoms with van der Waals surface area (Å²) in [4.78, 5) is 2.44. The summed E-state index contributed by atoms with van der Waals surface area (Å²) < 4.78 is 0. The first kappa shape index (κ1) is 8.52. The van der Waals surface area contributed by atoms with Crippen molar-refractivity contribution in [3.05, 3.63) is 0 Å². The molecule has 12 heavy (non-hydrogen) atoms. The monoisotopic (exact) mass is 168 g/mol. The lowest BCUT2D eigenvalue weighted by Crippen LogP contribution is -2.47. The van der Waals surface area contributed by atoms with Crippen molar-refractivity contribution >= 4 is 0 Å². The molecule has 2 fully saturated rings. The zero-order chi connectivity index (χ0) is 8.55. The van der Waals surface area contributed by atoms with Gasteiger partial charge in [-0.3, -0.25) is 0 Å². The number of rotatable bonds is 2. The van der Waals surface area contributed by atoms with Gasteiger partial charge < -0.3 is 10.2 Å². The van der Waals surface area contributed by atoms with Gasteiger partial charge in [-0.2, -0.15) is 0 Å². The number of hydrogen-bond donors (Lipinski definition) is 1. The molecule has 0 bridgehead atoms. The minimum absolute atomic E-state index is 0.800. The number of hydrogen-bond acceptors (Lipinski definition) is 2. The first-order chi connectivity index (χ1) is 5.75. The van der Waals surface area contributed by atoms with Gasteiger partial charge in [0.1, 0.15) is 0 Å². The predicted molar refractivity (Wildman–Crippen MR) is 51.2 cm³/mol. The van der Waals surface area contributed by atoms with E-state index in [2.05, 4.69) is 24.2 Å². The maximum atomic E-state index is 3.74. The molecule has 1 saturated carbocycles. The molecule has 2 aliphatic rings. The third-order valence-corrected chi connectivity index (χ3v) is 3.14. The Labute approximate surface area is 75.3 Å². The zero-order valence-corrected chi connectivity index (χ0v) is 8.21. The van der Waals surface area contributed by atoms with Crippen LogP contribution >= 0.6 is 0 Å². The third kappa shape index (κ3) is 1.99. The van der Waals surface area contributed by atoms with E-state index in [-0.39, 0.29) is 0 Å². The van der Waals surface area contributed by atoms with Crippen LogP contribution in [0.2, 0.25) is 0 Å². The highest BCUT2D eigenvalue weighted by Crippen LogP contribution is 2.24. The van der Waals surface area contributed by atoms with Crippen LogP contribution in [-0.2, 0) is 0 Å². The topological polar surface area (TPSA) is 15.3 Å². The number of nitrogens with one attached hydrogen (secondary N) is 1. The normalized spacial score (nSPS) is 38.5. The van der Waals surface area contributed by atoms with Crippen LogP contribution in [0.25, 0.3) is 0 Å². The molecule has 70 valence electrons. The Balaban J connectivity index is 1.80. The van der Waals surface area contributed by atoms with E-state index in [4.69, 9.17) is 0 Å². The van der Waals surface area contributed by atoms with Crippen LogP contribution in [0.4, 0.5) is 0 Å². The molecule has 0 amide bonds. The van der Waals surface area contributed by atoms with Gasteiger partial charge in [-0.1, -0.05) is 6.92 Å². The van der Waals surface area contributed by atoms with Crippen LogP contribution < -0.4 is 5.32 Å². The maximum Gasteiger partial charge on any atom is 0.0120 e. The molecule has 1 aliphatic carbocycles. The summed E-state index contributed by atoms with van der Waals surface area (Å²) in [6.45, 7) is 4.91. The lowest BCUT2D eigenvalue weighted by molar-refractivity contribution is 0.174. The molecule has 2 rings (SSSR count). The maximum absolute atomic E-state index is 3.74. The average molecular weight is 168 g/mol. The molecular weight excluding hydrogens is 148 g/mol. The van der Waals surface area contributed by atoms with Crippen LogP contribution in [-0.4, -0.2) is 37.1 Å². The van der Waals surface area contributed by atoms with E-state index in [1.54, 1.807) is 0 Å². The second-order valence-electron chi connectivity index (χ2n) is 4.58. The molecule has 0 aromatic carbocycles. The van der Waals surface area contributed by atoms with Crippen LogP contribution in [0, 0.1) is 5.92 Å². The Morgan fingerprint density at radius 2 is 2.00 bits per heavy atom. The number of piperidine rings is 1. The molecule has 2 nitrogen and oxygen atoms in total. The Morgan fingerprint density at radius 1 is 1.25 bits per heavy atom. The third-order valence-electron chi connectivity index (χ3n) is 3.14. The van der Waals surface area contributed by atoms with Gasteiger partial charge in [0.15, 0.2) is 0 Å². The zero-order valence-electron chi connectivity index (χ0n) is 8.21. The Morgan fingerprint density at radius 3 is 2.58 bits per heavy atom. The van der Waals surface area contributed by atoms with Crippen molar-refractivity contribution in [3.63, 3.8) is 0 Å². The molecule has 1 heterocycles. The summed E-state index contributed by atoms with van der Waals surface area (Å²) in [6.07, 6.45) is 4.17. The minimum Gasteiger partial charge on any atom is -0.311 e. The van der Waals surface area contributed by atoms with Crippen molar-refractivity contribution in [2.45, 2.75) is 38.3 Å². The van der Waals surface area contributed by atoms with Crippen molar-refractivity contribution in [3.8, 4) is 0 Å². The average Bonchev–Trinajstić information content (AvgIpc) is 2.79. The fraction of sp³-hybridized carbons (Fsp3) is 1.00. The van der Waals surface area contributed by atoms with Crippen molar-refractivity contribution in [2.75, 3.05) is 20.1 Å². The van der Waals surface area contributed by atoms with Gasteiger partial charge in [0, 0.05) is 18.6 Å². The van der Waals surface area contributed by atoms with Crippen molar-refractivity contribution in [1.82, 2.24) is 10.2 Å². The molecular formula is C10H20N2. The molecule has 2 atom stereocenters. The molecule has 0 aromatic rings. The largest absolute Gasteiger partial charge is 0.311 e. The summed E-state index contributed by atoms with van der Waals surface area (Å²) in [5, 5.41) is 3.74. The molecule has 1 saturated heterocycles. The first-order valence-corrected chi connectivity index (χ1v) is 5.20. The van der Waals surface area contributed by atoms with Crippen LogP contribution in [0.3, 0.4) is 0 Å². The van der Waals surface area contributed by atoms with Gasteiger partial charge in [0.05, 0.1) is 0 Å². The lowest BCUT2D eigenvalue weighted by Gasteiger charge is -2.35. The van der Waals surface area contributed by atoms with Crippen LogP contribution in [0.15, 0.2) is 0 Å². The summed E-state index contributed by atoms with van der Waals surface area (Å²) in [6, 6.07) is 1.68. The quantitative estimate of drug-likeness (QED) is 0.663. The Hall–Kier alpha value is -0.0800. The van der Waals surface area contributed by atoms with E-state index >= 15 is 0 Å². The smallest absolute Gasteiger partial charge is 0.0120 e. The van der Waals surface area contributed by atoms with Crippen molar-refractivity contribution in [2.24, 2.45) is 5.92 Å². The number of nitrogens with zero attached hydrogens (tertiary/aromatic N) is 1. The fourth-order valence-corrected chi connectivity index (χ4v) is 2.15. The van der Waals surface area contributed by atoms with Crippen LogP contribution in [0.1, 0.15) is 26.2 Å². The summed E-state index contributed by atoms with van der Waals surface area (Å²) >= 11 is 0.